The van der Waals surface area contributed by atoms with Crippen molar-refractivity contribution in [3.05, 3.63) is 293 Å². The number of ether oxygens (including phenoxy) is 8. The third-order valence-corrected chi connectivity index (χ3v) is 21.8. The number of fused-ring (bicyclic) bond motifs is 2. The van der Waals surface area contributed by atoms with Crippen LogP contribution >= 0.6 is 0 Å². The Balaban J connectivity index is 0.000000537. The van der Waals surface area contributed by atoms with Crippen LogP contribution in [0.2, 0.25) is 25.7 Å². The number of hydrogen-bond donors (Lipinski definition) is 9. The zero-order chi connectivity index (χ0) is 98.7. The van der Waals surface area contributed by atoms with Crippen molar-refractivity contribution < 1.29 is 92.8 Å². The molecule has 131 heavy (non-hydrogen) atoms. The van der Waals surface area contributed by atoms with Crippen molar-refractivity contribution in [3.8, 4) is 46.0 Å². The number of aryl methyl sites for hydroxylation is 2. The molecule has 2 heterocycles. The fourth-order valence-corrected chi connectivity index (χ4v) is 13.8. The topological polar surface area (TPSA) is 349 Å². The number of phenols is 5. The molecule has 11 N–H and O–H groups in total. The average Bonchev–Trinajstić information content (AvgIpc) is 0.777. The molecule has 6 aromatic rings. The minimum atomic E-state index is -0.873. The van der Waals surface area contributed by atoms with Crippen LogP contribution in [-0.2, 0) is 46.1 Å². The van der Waals surface area contributed by atoms with E-state index in [9.17, 15) is 54.9 Å². The molecule has 0 saturated carbocycles. The predicted molar refractivity (Wildman–Crippen MR) is 529 cm³/mol. The normalized spacial score (nSPS) is 16.7. The number of rotatable bonds is 26. The Morgan fingerprint density at radius 2 is 0.855 bits per heavy atom. The molecule has 24 nitrogen and oxygen atoms in total. The number of aliphatic hydroxyl groups excluding tert-OH is 2. The fourth-order valence-electron chi connectivity index (χ4n) is 13.0. The molecular weight excluding hydrogens is 1680 g/mol. The molecular formula is C106H141N5O19Si. The first-order chi connectivity index (χ1) is 61.9. The van der Waals surface area contributed by atoms with Gasteiger partial charge in [0.05, 0.1) is 74.3 Å². The lowest BCUT2D eigenvalue weighted by Gasteiger charge is -2.41. The minimum Gasteiger partial charge on any atom is -0.508 e. The van der Waals surface area contributed by atoms with Crippen molar-refractivity contribution in [1.82, 2.24) is 0 Å². The Morgan fingerprint density at radius 3 is 1.18 bits per heavy atom. The molecule has 2 aliphatic carbocycles. The van der Waals surface area contributed by atoms with Crippen molar-refractivity contribution in [1.29, 1.82) is 0 Å². The van der Waals surface area contributed by atoms with Crippen molar-refractivity contribution in [2.75, 3.05) is 95.2 Å². The number of carbonyl (C=O) groups is 4. The second-order valence-corrected chi connectivity index (χ2v) is 39.5. The summed E-state index contributed by atoms with van der Waals surface area (Å²) >= 11 is 0. The fraction of sp³-hybridized carbons (Fsp3) is 0.406. The molecule has 0 radical (unpaired) electrons. The maximum atomic E-state index is 12.9. The Kier molecular flexibility index (Phi) is 52.5. The molecule has 708 valence electrons. The molecule has 2 saturated heterocycles. The van der Waals surface area contributed by atoms with Gasteiger partial charge in [0, 0.05) is 58.7 Å². The molecule has 2 aliphatic heterocycles. The van der Waals surface area contributed by atoms with Crippen LogP contribution in [0.5, 0.6) is 46.0 Å². The summed E-state index contributed by atoms with van der Waals surface area (Å²) in [5.74, 6) is -0.599. The van der Waals surface area contributed by atoms with Gasteiger partial charge in [-0.05, 0) is 216 Å². The van der Waals surface area contributed by atoms with E-state index in [0.717, 1.165) is 88.9 Å². The number of nitrogens with two attached hydrogens (primary N) is 2. The van der Waals surface area contributed by atoms with E-state index in [2.05, 4.69) is 57.5 Å². The van der Waals surface area contributed by atoms with Gasteiger partial charge in [0.15, 0.2) is 23.1 Å². The highest BCUT2D eigenvalue weighted by Gasteiger charge is 2.44. The lowest BCUT2D eigenvalue weighted by molar-refractivity contribution is -0.143. The maximum Gasteiger partial charge on any atom is 0.237 e. The van der Waals surface area contributed by atoms with E-state index in [4.69, 9.17) is 59.6 Å². The highest BCUT2D eigenvalue weighted by atomic mass is 28.3. The number of allylic oxidation sites excluding steroid dienone is 12. The molecule has 10 rings (SSSR count). The Morgan fingerprint density at radius 1 is 0.519 bits per heavy atom. The van der Waals surface area contributed by atoms with Gasteiger partial charge in [-0.2, -0.15) is 0 Å². The molecule has 0 amide bonds. The van der Waals surface area contributed by atoms with Crippen LogP contribution in [0.1, 0.15) is 167 Å². The SMILES string of the molecule is CC1=CC2OC(C)(C)CCC2C(=O)C1=C(O)/C=C/c1ccc(C)cc1.CC1=CC2OC(C)(C)CCC2C(=O)C1=C(O)/C=C/c1ccc(O)cc1.CCN.COc1cc(O)c(CC=C(C)C)c(O)c1C(=O)/C=C/c1ccc(O)cc1.COc1cc(OC)c(C(=O)/C=C/c2ccc(C)cc2)c(O)c1CC=C(C)C.C[Si](C)(C)CCOCCN.[C-]#[N+]C.[C-]#[N+]CCOC.[C-]#[N+]CCOC. The van der Waals surface area contributed by atoms with Gasteiger partial charge in [-0.3, -0.25) is 19.2 Å². The first-order valence-electron chi connectivity index (χ1n) is 43.4. The van der Waals surface area contributed by atoms with E-state index in [0.29, 0.717) is 74.8 Å². The number of carbonyl (C=O) groups excluding carboxylic acids is 4. The van der Waals surface area contributed by atoms with E-state index in [1.807, 2.05) is 155 Å². The monoisotopic (exact) mass is 1820 g/mol. The van der Waals surface area contributed by atoms with Gasteiger partial charge in [0.2, 0.25) is 20.1 Å². The number of aromatic hydroxyl groups is 5. The first-order valence-corrected chi connectivity index (χ1v) is 47.1. The van der Waals surface area contributed by atoms with E-state index in [1.165, 1.54) is 76.4 Å². The van der Waals surface area contributed by atoms with E-state index < -0.39 is 13.9 Å². The number of Topliss-reactive ketones (excluding diaryl/α,β-unsaturated/α-hetero) is 2. The summed E-state index contributed by atoms with van der Waals surface area (Å²) < 4.78 is 42.4. The predicted octanol–water partition coefficient (Wildman–Crippen LogP) is 21.5. The summed E-state index contributed by atoms with van der Waals surface area (Å²) in [6.07, 6.45) is 24.1. The zero-order valence-corrected chi connectivity index (χ0v) is 81.8. The number of benzene rings is 6. The van der Waals surface area contributed by atoms with Crippen molar-refractivity contribution >= 4 is 55.5 Å². The quantitative estimate of drug-likeness (QED) is 0.00463. The van der Waals surface area contributed by atoms with Gasteiger partial charge >= 0.3 is 0 Å². The largest absolute Gasteiger partial charge is 0.508 e. The minimum absolute atomic E-state index is 0.00233. The number of ketones is 4. The molecule has 0 spiro atoms. The standard InChI is InChI=1S/C23H26O4.C22H26O3.C21H22O5.C21H24O4.C7H19NOSi.2C4H7NO.C2H3N.C2H7N/c1-15(2)6-12-18-20(26-4)14-21(27-5)22(23(18)25)19(24)13-11-17-9-7-16(3)8-10-17;1-14-5-7-16(8-6-14)9-10-18(23)20-15(2)13-19-17(21(20)24)11-12-22(3,4)25-19;1-13(2)4-10-16-18(24)12-19(26-3)20(21(16)25)17(23)11-7-14-5-8-15(22)9-6-14;1-13-12-18-16(10-11-21(2,3)25-18)20(24)19(13)17(23)9-6-14-4-7-15(22)8-5-14;1-10(2,3)7-6-9-5-4-8;2*1-5-3-4-6-2;1-3-2;1-2-3/h6-11,13-14,25H,12H2,1-5H3;5-10,13,17,19,23H,11-12H2,1-4H3;4-9,11-12,22,24-25H,10H2,1-3H3;4-9,12,16,18,22-23H,10-11H2,1-3H3;4-8H2,1-3H3;2*3-4H2,2H3;1H3;2-3H2,1H3/b13-11+;10-9+,20-18?;11-7+;9-6+,19-17?;;;;;. The van der Waals surface area contributed by atoms with E-state index in [-0.39, 0.29) is 121 Å². The van der Waals surface area contributed by atoms with Crippen LogP contribution in [-0.4, -0.2) is 186 Å². The van der Waals surface area contributed by atoms with Gasteiger partial charge in [0.1, 0.15) is 81.9 Å². The lowest BCUT2D eigenvalue weighted by atomic mass is 9.76. The van der Waals surface area contributed by atoms with Crippen LogP contribution in [0.4, 0.5) is 0 Å². The van der Waals surface area contributed by atoms with Crippen LogP contribution < -0.4 is 25.7 Å². The molecule has 2 fully saturated rings. The maximum absolute atomic E-state index is 12.9. The van der Waals surface area contributed by atoms with Gasteiger partial charge in [-0.15, -0.1) is 0 Å². The summed E-state index contributed by atoms with van der Waals surface area (Å²) in [4.78, 5) is 60.0. The molecule has 0 bridgehead atoms. The van der Waals surface area contributed by atoms with Crippen molar-refractivity contribution in [2.45, 2.75) is 178 Å². The highest BCUT2D eigenvalue weighted by molar-refractivity contribution is 6.76. The summed E-state index contributed by atoms with van der Waals surface area (Å²) in [7, 11) is 8.08. The number of aliphatic hydroxyl groups is 2. The molecule has 6 aromatic carbocycles. The number of hydrogen-bond acceptors (Lipinski definition) is 21. The van der Waals surface area contributed by atoms with Gasteiger partial charge in [0.25, 0.3) is 0 Å². The second kappa shape index (κ2) is 59.9. The number of methoxy groups -OCH3 is 5. The molecule has 4 unspecified atom stereocenters. The Hall–Kier alpha value is -12.2. The molecule has 4 atom stereocenters. The van der Waals surface area contributed by atoms with Crippen molar-refractivity contribution in [3.63, 3.8) is 0 Å². The van der Waals surface area contributed by atoms with Crippen LogP contribution in [0.25, 0.3) is 38.8 Å². The van der Waals surface area contributed by atoms with Crippen LogP contribution in [0, 0.1) is 45.4 Å². The second-order valence-electron chi connectivity index (χ2n) is 33.8. The molecule has 25 heteroatoms. The van der Waals surface area contributed by atoms with Crippen LogP contribution in [0.15, 0.2) is 203 Å². The van der Waals surface area contributed by atoms with E-state index >= 15 is 0 Å². The van der Waals surface area contributed by atoms with Gasteiger partial charge in [-0.25, -0.2) is 19.7 Å². The van der Waals surface area contributed by atoms with Crippen molar-refractivity contribution in [2.24, 2.45) is 23.3 Å². The third kappa shape index (κ3) is 41.6. The lowest BCUT2D eigenvalue weighted by Crippen LogP contribution is -2.45. The summed E-state index contributed by atoms with van der Waals surface area (Å²) in [5, 5.41) is 71.0. The molecule has 4 aliphatic rings. The number of phenolic OH excluding ortho intramolecular Hbond substituents is 5. The van der Waals surface area contributed by atoms with Gasteiger partial charge in [-0.1, -0.05) is 170 Å². The summed E-state index contributed by atoms with van der Waals surface area (Å²) in [6, 6.07) is 33.0. The highest BCUT2D eigenvalue weighted by Crippen LogP contribution is 2.44. The third-order valence-electron chi connectivity index (χ3n) is 20.1. The summed E-state index contributed by atoms with van der Waals surface area (Å²) in [6.45, 7) is 56.1. The van der Waals surface area contributed by atoms with Gasteiger partial charge < -0.3 is 99.6 Å². The summed E-state index contributed by atoms with van der Waals surface area (Å²) in [5.41, 5.74) is 20.9. The Bertz CT molecular complexity index is 4940. The Labute approximate surface area is 778 Å². The van der Waals surface area contributed by atoms with E-state index in [1.54, 1.807) is 81.0 Å². The zero-order valence-electron chi connectivity index (χ0n) is 80.8. The van der Waals surface area contributed by atoms with Crippen LogP contribution in [0.3, 0.4) is 0 Å². The smallest absolute Gasteiger partial charge is 0.237 e. The molecule has 0 aromatic heterocycles. The average molecular weight is 1820 g/mol. The number of nitrogens with zero attached hydrogens (tertiary/aromatic N) is 3. The first kappa shape index (κ1) is 115.